The van der Waals surface area contributed by atoms with Gasteiger partial charge in [-0.3, -0.25) is 0 Å². The molecule has 0 heterocycles. The van der Waals surface area contributed by atoms with E-state index in [1.54, 1.807) is 18.2 Å². The number of hydrogen-bond acceptors (Lipinski definition) is 4. The zero-order valence-electron chi connectivity index (χ0n) is 16.5. The molecule has 0 fully saturated rings. The Kier molecular flexibility index (Phi) is 9.70. The van der Waals surface area contributed by atoms with Crippen molar-refractivity contribution in [3.05, 3.63) is 53.1 Å². The van der Waals surface area contributed by atoms with E-state index in [-0.39, 0.29) is 5.75 Å². The number of carbonyl (C=O) groups is 1. The van der Waals surface area contributed by atoms with Crippen LogP contribution in [0.3, 0.4) is 0 Å². The molecule has 0 saturated heterocycles. The summed E-state index contributed by atoms with van der Waals surface area (Å²) in [6, 6.07) is 10.8. The summed E-state index contributed by atoms with van der Waals surface area (Å²) < 4.78 is 11.0. The van der Waals surface area contributed by atoms with E-state index in [4.69, 9.17) is 21.1 Å². The highest BCUT2D eigenvalue weighted by molar-refractivity contribution is 6.32. The molecule has 0 spiro atoms. The third-order valence-corrected chi connectivity index (χ3v) is 4.77. The number of esters is 1. The van der Waals surface area contributed by atoms with Gasteiger partial charge in [-0.05, 0) is 48.9 Å². The van der Waals surface area contributed by atoms with Crippen molar-refractivity contribution in [2.75, 3.05) is 6.61 Å². The number of halogens is 1. The van der Waals surface area contributed by atoms with Gasteiger partial charge in [0, 0.05) is 0 Å². The lowest BCUT2D eigenvalue weighted by Crippen LogP contribution is -2.08. The highest BCUT2D eigenvalue weighted by Gasteiger charge is 2.12. The minimum atomic E-state index is -0.512. The molecule has 0 aliphatic carbocycles. The molecule has 2 aromatic rings. The summed E-state index contributed by atoms with van der Waals surface area (Å²) in [5, 5.41) is 9.65. The minimum absolute atomic E-state index is 0.112. The van der Waals surface area contributed by atoms with Gasteiger partial charge in [0.2, 0.25) is 0 Å². The number of hydrogen-bond donors (Lipinski definition) is 1. The molecular formula is C23H29ClO4. The van der Waals surface area contributed by atoms with Crippen LogP contribution in [-0.2, 0) is 0 Å². The van der Waals surface area contributed by atoms with Crippen LogP contribution in [0, 0.1) is 0 Å². The van der Waals surface area contributed by atoms with Gasteiger partial charge in [0.1, 0.15) is 17.2 Å². The van der Waals surface area contributed by atoms with Crippen LogP contribution in [0.1, 0.15) is 68.6 Å². The predicted octanol–water partition coefficient (Wildman–Crippen LogP) is 6.78. The number of benzene rings is 2. The zero-order chi connectivity index (χ0) is 20.2. The average molecular weight is 405 g/mol. The topological polar surface area (TPSA) is 55.8 Å². The number of carbonyl (C=O) groups excluding carboxylic acids is 1. The maximum Gasteiger partial charge on any atom is 0.343 e. The van der Waals surface area contributed by atoms with Gasteiger partial charge < -0.3 is 14.6 Å². The van der Waals surface area contributed by atoms with Crippen molar-refractivity contribution < 1.29 is 19.4 Å². The van der Waals surface area contributed by atoms with Crippen molar-refractivity contribution in [1.29, 1.82) is 0 Å². The summed E-state index contributed by atoms with van der Waals surface area (Å²) >= 11 is 6.24. The highest BCUT2D eigenvalue weighted by atomic mass is 35.5. The van der Waals surface area contributed by atoms with Gasteiger partial charge in [-0.15, -0.1) is 0 Å². The molecular weight excluding hydrogens is 376 g/mol. The molecule has 2 rings (SSSR count). The quantitative estimate of drug-likeness (QED) is 0.240. The van der Waals surface area contributed by atoms with E-state index < -0.39 is 5.97 Å². The maximum atomic E-state index is 12.2. The van der Waals surface area contributed by atoms with Crippen LogP contribution < -0.4 is 9.47 Å². The van der Waals surface area contributed by atoms with E-state index in [1.807, 2.05) is 0 Å². The van der Waals surface area contributed by atoms with E-state index >= 15 is 0 Å². The zero-order valence-corrected chi connectivity index (χ0v) is 17.2. The van der Waals surface area contributed by atoms with Crippen molar-refractivity contribution in [3.63, 3.8) is 0 Å². The van der Waals surface area contributed by atoms with E-state index in [0.717, 1.165) is 12.8 Å². The van der Waals surface area contributed by atoms with Gasteiger partial charge in [0.15, 0.2) is 0 Å². The molecule has 152 valence electrons. The Labute approximate surface area is 172 Å². The van der Waals surface area contributed by atoms with Crippen molar-refractivity contribution in [1.82, 2.24) is 0 Å². The summed E-state index contributed by atoms with van der Waals surface area (Å²) in [6.07, 6.45) is 9.95. The first-order valence-corrected chi connectivity index (χ1v) is 10.4. The van der Waals surface area contributed by atoms with Gasteiger partial charge in [-0.25, -0.2) is 4.79 Å². The molecule has 0 aliphatic rings. The Balaban J connectivity index is 1.72. The lowest BCUT2D eigenvalue weighted by molar-refractivity contribution is 0.0734. The molecule has 1 N–H and O–H groups in total. The first-order chi connectivity index (χ1) is 13.6. The molecule has 0 unspecified atom stereocenters. The van der Waals surface area contributed by atoms with Crippen molar-refractivity contribution in [3.8, 4) is 17.2 Å². The van der Waals surface area contributed by atoms with Gasteiger partial charge >= 0.3 is 5.97 Å². The first kappa shape index (κ1) is 22.1. The minimum Gasteiger partial charge on any atom is -0.508 e. The Morgan fingerprint density at radius 3 is 2.21 bits per heavy atom. The van der Waals surface area contributed by atoms with Gasteiger partial charge in [0.25, 0.3) is 0 Å². The van der Waals surface area contributed by atoms with E-state index in [0.29, 0.717) is 28.7 Å². The number of rotatable bonds is 12. The lowest BCUT2D eigenvalue weighted by Gasteiger charge is -2.10. The second kappa shape index (κ2) is 12.3. The van der Waals surface area contributed by atoms with E-state index in [2.05, 4.69) is 6.92 Å². The highest BCUT2D eigenvalue weighted by Crippen LogP contribution is 2.27. The van der Waals surface area contributed by atoms with Crippen LogP contribution in [0.25, 0.3) is 0 Å². The normalized spacial score (nSPS) is 10.6. The summed E-state index contributed by atoms with van der Waals surface area (Å²) in [5.74, 6) is 0.530. The fraction of sp³-hybridized carbons (Fsp3) is 0.435. The van der Waals surface area contributed by atoms with Crippen LogP contribution in [-0.4, -0.2) is 17.7 Å². The van der Waals surface area contributed by atoms with Crippen LogP contribution in [0.5, 0.6) is 17.2 Å². The second-order valence-electron chi connectivity index (χ2n) is 6.85. The number of aromatic hydroxyl groups is 1. The number of phenolic OH excluding ortho intramolecular Hbond substituents is 1. The maximum absolute atomic E-state index is 12.2. The fourth-order valence-electron chi connectivity index (χ4n) is 2.84. The molecule has 0 radical (unpaired) electrons. The summed E-state index contributed by atoms with van der Waals surface area (Å²) in [5.41, 5.74) is 0.345. The van der Waals surface area contributed by atoms with E-state index in [1.165, 1.54) is 62.8 Å². The second-order valence-corrected chi connectivity index (χ2v) is 7.26. The summed E-state index contributed by atoms with van der Waals surface area (Å²) in [6.45, 7) is 2.85. The Bertz CT molecular complexity index is 728. The van der Waals surface area contributed by atoms with Crippen LogP contribution in [0.4, 0.5) is 0 Å². The smallest absolute Gasteiger partial charge is 0.343 e. The first-order valence-electron chi connectivity index (χ1n) is 10.0. The van der Waals surface area contributed by atoms with Crippen molar-refractivity contribution in [2.45, 2.75) is 58.3 Å². The molecule has 0 saturated carbocycles. The summed E-state index contributed by atoms with van der Waals surface area (Å²) in [4.78, 5) is 12.2. The lowest BCUT2D eigenvalue weighted by atomic mass is 10.1. The number of phenols is 1. The standard InChI is InChI=1S/C23H29ClO4/c1-2-3-4-5-6-7-8-9-16-27-22-15-10-18(17-21(22)24)23(26)28-20-13-11-19(25)12-14-20/h10-15,17,25H,2-9,16H2,1H3. The number of ether oxygens (including phenoxy) is 2. The monoisotopic (exact) mass is 404 g/mol. The van der Waals surface area contributed by atoms with Gasteiger partial charge in [-0.1, -0.05) is 63.5 Å². The van der Waals surface area contributed by atoms with Crippen molar-refractivity contribution in [2.24, 2.45) is 0 Å². The molecule has 0 atom stereocenters. The molecule has 0 aromatic heterocycles. The van der Waals surface area contributed by atoms with Crippen LogP contribution in [0.15, 0.2) is 42.5 Å². The average Bonchev–Trinajstić information content (AvgIpc) is 2.69. The SMILES string of the molecule is CCCCCCCCCCOc1ccc(C(=O)Oc2ccc(O)cc2)cc1Cl. The Hall–Kier alpha value is -2.20. The fourth-order valence-corrected chi connectivity index (χ4v) is 3.08. The molecule has 28 heavy (non-hydrogen) atoms. The molecule has 2 aromatic carbocycles. The largest absolute Gasteiger partial charge is 0.508 e. The molecule has 4 nitrogen and oxygen atoms in total. The van der Waals surface area contributed by atoms with Crippen LogP contribution in [0.2, 0.25) is 5.02 Å². The summed E-state index contributed by atoms with van der Waals surface area (Å²) in [7, 11) is 0. The van der Waals surface area contributed by atoms with Crippen LogP contribution >= 0.6 is 11.6 Å². The van der Waals surface area contributed by atoms with E-state index in [9.17, 15) is 9.90 Å². The molecule has 0 amide bonds. The third kappa shape index (κ3) is 7.81. The number of unbranched alkanes of at least 4 members (excludes halogenated alkanes) is 7. The molecule has 0 aliphatic heterocycles. The Morgan fingerprint density at radius 1 is 0.929 bits per heavy atom. The van der Waals surface area contributed by atoms with Gasteiger partial charge in [-0.2, -0.15) is 0 Å². The molecule has 0 bridgehead atoms. The third-order valence-electron chi connectivity index (χ3n) is 4.47. The Morgan fingerprint density at radius 2 is 1.57 bits per heavy atom. The molecule has 5 heteroatoms. The van der Waals surface area contributed by atoms with Crippen molar-refractivity contribution >= 4 is 17.6 Å². The predicted molar refractivity (Wildman–Crippen MR) is 113 cm³/mol. The van der Waals surface area contributed by atoms with Gasteiger partial charge in [0.05, 0.1) is 17.2 Å².